The van der Waals surface area contributed by atoms with Crippen LogP contribution in [-0.2, 0) is 10.0 Å². The third-order valence-electron chi connectivity index (χ3n) is 6.47. The number of alkyl halides is 2. The number of aromatic nitrogens is 3. The van der Waals surface area contributed by atoms with Crippen molar-refractivity contribution >= 4 is 27.0 Å². The number of β-amino-alcohol motifs (C(OH)–C–C–N with tert-alkyl or cyclic N) is 1. The van der Waals surface area contributed by atoms with E-state index in [4.69, 9.17) is 0 Å². The zero-order chi connectivity index (χ0) is 24.8. The van der Waals surface area contributed by atoms with Gasteiger partial charge < -0.3 is 20.3 Å². The van der Waals surface area contributed by atoms with Gasteiger partial charge in [0, 0.05) is 24.7 Å². The van der Waals surface area contributed by atoms with Gasteiger partial charge >= 0.3 is 6.61 Å². The molecule has 34 heavy (non-hydrogen) atoms. The summed E-state index contributed by atoms with van der Waals surface area (Å²) < 4.78 is 56.1. The third kappa shape index (κ3) is 4.85. The summed E-state index contributed by atoms with van der Waals surface area (Å²) in [6.45, 7) is -1.52. The monoisotopic (exact) mass is 503 g/mol. The van der Waals surface area contributed by atoms with Crippen molar-refractivity contribution in [2.45, 2.75) is 63.0 Å². The summed E-state index contributed by atoms with van der Waals surface area (Å²) in [6, 6.07) is -0.130. The van der Waals surface area contributed by atoms with Crippen molar-refractivity contribution in [3.8, 4) is 5.75 Å². The van der Waals surface area contributed by atoms with E-state index in [1.54, 1.807) is 6.92 Å². The Morgan fingerprint density at radius 2 is 2.09 bits per heavy atom. The molecule has 4 atom stereocenters. The van der Waals surface area contributed by atoms with Crippen LogP contribution in [0.2, 0.25) is 0 Å². The van der Waals surface area contributed by atoms with Crippen LogP contribution in [-0.4, -0.2) is 81.2 Å². The number of ether oxygens (including phenoxy) is 1. The molecule has 2 aromatic heterocycles. The van der Waals surface area contributed by atoms with E-state index in [1.165, 1.54) is 15.1 Å². The molecular formula is C20H27F2N5O6S. The van der Waals surface area contributed by atoms with Crippen LogP contribution >= 0.6 is 0 Å². The Morgan fingerprint density at radius 1 is 1.35 bits per heavy atom. The molecule has 2 aliphatic rings. The average Bonchev–Trinajstić information content (AvgIpc) is 3.08. The molecule has 1 saturated carbocycles. The number of sulfonamides is 1. The molecule has 0 aromatic carbocycles. The number of piperidine rings is 1. The Hall–Kier alpha value is -2.42. The lowest BCUT2D eigenvalue weighted by Gasteiger charge is -2.34. The van der Waals surface area contributed by atoms with Crippen LogP contribution in [0.5, 0.6) is 5.75 Å². The lowest BCUT2D eigenvalue weighted by Crippen LogP contribution is -2.51. The summed E-state index contributed by atoms with van der Waals surface area (Å²) in [7, 11) is -3.44. The van der Waals surface area contributed by atoms with Crippen molar-refractivity contribution in [2.75, 3.05) is 24.7 Å². The van der Waals surface area contributed by atoms with E-state index in [0.717, 1.165) is 12.3 Å². The van der Waals surface area contributed by atoms with Crippen LogP contribution in [0.4, 0.5) is 14.7 Å². The molecular weight excluding hydrogens is 476 g/mol. The van der Waals surface area contributed by atoms with Crippen molar-refractivity contribution in [1.29, 1.82) is 0 Å². The number of nitrogens with zero attached hydrogens (tertiary/aromatic N) is 4. The first-order valence-electron chi connectivity index (χ1n) is 10.9. The number of anilines is 1. The Labute approximate surface area is 194 Å². The molecule has 0 bridgehead atoms. The molecule has 1 aliphatic heterocycles. The summed E-state index contributed by atoms with van der Waals surface area (Å²) in [4.78, 5) is 21.7. The minimum Gasteiger partial charge on any atom is -0.429 e. The van der Waals surface area contributed by atoms with Crippen molar-refractivity contribution in [3.63, 3.8) is 0 Å². The van der Waals surface area contributed by atoms with Crippen molar-refractivity contribution in [3.05, 3.63) is 22.6 Å². The van der Waals surface area contributed by atoms with Crippen molar-refractivity contribution in [2.24, 2.45) is 0 Å². The topological polar surface area (TPSA) is 147 Å². The number of halogens is 2. The van der Waals surface area contributed by atoms with Crippen LogP contribution in [0.3, 0.4) is 0 Å². The van der Waals surface area contributed by atoms with Gasteiger partial charge in [0.2, 0.25) is 16.0 Å². The number of pyridine rings is 1. The van der Waals surface area contributed by atoms with Gasteiger partial charge in [0.05, 0.1) is 30.0 Å². The Balaban J connectivity index is 1.71. The van der Waals surface area contributed by atoms with Gasteiger partial charge in [0.25, 0.3) is 5.56 Å². The Kier molecular flexibility index (Phi) is 6.52. The first-order chi connectivity index (χ1) is 15.9. The van der Waals surface area contributed by atoms with Gasteiger partial charge in [-0.25, -0.2) is 13.4 Å². The smallest absolute Gasteiger partial charge is 0.387 e. The van der Waals surface area contributed by atoms with Gasteiger partial charge in [-0.15, -0.1) is 0 Å². The lowest BCUT2D eigenvalue weighted by molar-refractivity contribution is -0.0513. The van der Waals surface area contributed by atoms with Crippen molar-refractivity contribution < 1.29 is 32.1 Å². The normalized spacial score (nSPS) is 28.5. The van der Waals surface area contributed by atoms with Crippen LogP contribution in [0.1, 0.15) is 38.6 Å². The fraction of sp³-hybridized carbons (Fsp3) is 0.650. The van der Waals surface area contributed by atoms with Crippen molar-refractivity contribution in [1.82, 2.24) is 18.8 Å². The molecule has 1 saturated heterocycles. The SMILES string of the molecule is C[C@@]1(O)CCC[C@H]1n1c(=O)c(OC(F)F)cc2cnc(N[C@@H]3CCN(S(C)(=O)=O)C[C@H]3O)nc21. The summed E-state index contributed by atoms with van der Waals surface area (Å²) in [5, 5.41) is 24.5. The third-order valence-corrected chi connectivity index (χ3v) is 7.74. The summed E-state index contributed by atoms with van der Waals surface area (Å²) in [5.41, 5.74) is -1.97. The summed E-state index contributed by atoms with van der Waals surface area (Å²) in [6.07, 6.45) is 3.17. The maximum atomic E-state index is 13.1. The second-order valence-electron chi connectivity index (χ2n) is 9.03. The molecule has 0 unspecified atom stereocenters. The molecule has 11 nitrogen and oxygen atoms in total. The molecule has 0 radical (unpaired) electrons. The number of hydrogen-bond acceptors (Lipinski definition) is 9. The zero-order valence-corrected chi connectivity index (χ0v) is 19.5. The van der Waals surface area contributed by atoms with Gasteiger partial charge in [-0.1, -0.05) is 0 Å². The van der Waals surface area contributed by atoms with Crippen LogP contribution in [0, 0.1) is 0 Å². The molecule has 0 amide bonds. The highest BCUT2D eigenvalue weighted by Gasteiger charge is 2.40. The van der Waals surface area contributed by atoms with E-state index in [0.29, 0.717) is 25.7 Å². The highest BCUT2D eigenvalue weighted by Crippen LogP contribution is 2.40. The minimum absolute atomic E-state index is 0.0673. The minimum atomic E-state index is -3.44. The number of nitrogens with one attached hydrogen (secondary N) is 1. The quantitative estimate of drug-likeness (QED) is 0.518. The number of rotatable bonds is 6. The van der Waals surface area contributed by atoms with Gasteiger partial charge in [0.15, 0.2) is 5.75 Å². The van der Waals surface area contributed by atoms with E-state index in [2.05, 4.69) is 20.0 Å². The molecule has 2 aromatic rings. The van der Waals surface area contributed by atoms with Crippen LogP contribution in [0.15, 0.2) is 17.1 Å². The standard InChI is InChI=1S/C20H27F2N5O6S/c1-20(30)6-3-4-15(20)27-16-11(8-14(17(27)29)33-18(21)22)9-23-19(25-16)24-12-5-7-26(10-13(12)28)34(2,31)32/h8-9,12-13,15,18,28,30H,3-7,10H2,1-2H3,(H,23,24,25)/t12-,13-,15-,20-/m1/s1. The Bertz CT molecular complexity index is 1240. The number of hydrogen-bond donors (Lipinski definition) is 3. The molecule has 3 heterocycles. The first-order valence-corrected chi connectivity index (χ1v) is 12.7. The fourth-order valence-corrected chi connectivity index (χ4v) is 5.57. The average molecular weight is 504 g/mol. The first kappa shape index (κ1) is 24.7. The number of fused-ring (bicyclic) bond motifs is 1. The van der Waals surface area contributed by atoms with E-state index in [-0.39, 0.29) is 30.1 Å². The van der Waals surface area contributed by atoms with Gasteiger partial charge in [-0.05, 0) is 38.7 Å². The molecule has 2 fully saturated rings. The molecule has 4 rings (SSSR count). The molecule has 1 aliphatic carbocycles. The summed E-state index contributed by atoms with van der Waals surface area (Å²) >= 11 is 0. The largest absolute Gasteiger partial charge is 0.429 e. The van der Waals surface area contributed by atoms with E-state index in [1.807, 2.05) is 0 Å². The van der Waals surface area contributed by atoms with Gasteiger partial charge in [0.1, 0.15) is 5.65 Å². The predicted octanol–water partition coefficient (Wildman–Crippen LogP) is 0.676. The predicted molar refractivity (Wildman–Crippen MR) is 118 cm³/mol. The van der Waals surface area contributed by atoms with E-state index >= 15 is 0 Å². The lowest BCUT2D eigenvalue weighted by atomic mass is 10.00. The molecule has 3 N–H and O–H groups in total. The van der Waals surface area contributed by atoms with Crippen LogP contribution < -0.4 is 15.6 Å². The molecule has 0 spiro atoms. The zero-order valence-electron chi connectivity index (χ0n) is 18.7. The maximum Gasteiger partial charge on any atom is 0.387 e. The fourth-order valence-electron chi connectivity index (χ4n) is 4.71. The summed E-state index contributed by atoms with van der Waals surface area (Å²) in [5.74, 6) is -0.504. The van der Waals surface area contributed by atoms with E-state index in [9.17, 15) is 32.2 Å². The van der Waals surface area contributed by atoms with Gasteiger partial charge in [-0.3, -0.25) is 9.36 Å². The number of aliphatic hydroxyl groups is 2. The molecule has 14 heteroatoms. The highest BCUT2D eigenvalue weighted by atomic mass is 32.2. The second-order valence-corrected chi connectivity index (χ2v) is 11.0. The maximum absolute atomic E-state index is 13.1. The highest BCUT2D eigenvalue weighted by molar-refractivity contribution is 7.88. The molecule has 188 valence electrons. The second kappa shape index (κ2) is 8.98. The number of aliphatic hydroxyl groups excluding tert-OH is 1. The van der Waals surface area contributed by atoms with E-state index < -0.39 is 51.7 Å². The van der Waals surface area contributed by atoms with Gasteiger partial charge in [-0.2, -0.15) is 18.1 Å². The van der Waals surface area contributed by atoms with Crippen LogP contribution in [0.25, 0.3) is 11.0 Å². The Morgan fingerprint density at radius 3 is 2.68 bits per heavy atom.